The van der Waals surface area contributed by atoms with Crippen LogP contribution in [0, 0.1) is 0 Å². The van der Waals surface area contributed by atoms with Crippen LogP contribution in [0.25, 0.3) is 0 Å². The second-order valence-corrected chi connectivity index (χ2v) is 6.74. The third-order valence-electron chi connectivity index (χ3n) is 4.72. The fourth-order valence-corrected chi connectivity index (χ4v) is 3.25. The van der Waals surface area contributed by atoms with Gasteiger partial charge in [0.25, 0.3) is 5.91 Å². The number of benzene rings is 1. The number of nitrogens with zero attached hydrogens (tertiary/aromatic N) is 1. The molecule has 3 amide bonds. The zero-order valence-corrected chi connectivity index (χ0v) is 15.5. The number of carbonyl (C=O) groups is 3. The highest BCUT2D eigenvalue weighted by Crippen LogP contribution is 2.41. The van der Waals surface area contributed by atoms with Gasteiger partial charge in [-0.15, -0.1) is 0 Å². The standard InChI is InChI=1S/C19H26N4O4/c1-27-11-10-20-8-9-21-16(24)12-22-18(25)17-14-4-2-3-5-15(14)19(26)23(17)13-6-7-13/h2-5,13,17,20H,6-12H2,1H3,(H,21,24)(H,22,25). The predicted molar refractivity (Wildman–Crippen MR) is 99.1 cm³/mol. The van der Waals surface area contributed by atoms with E-state index in [1.54, 1.807) is 24.1 Å². The van der Waals surface area contributed by atoms with Gasteiger partial charge in [-0.1, -0.05) is 18.2 Å². The third-order valence-corrected chi connectivity index (χ3v) is 4.72. The summed E-state index contributed by atoms with van der Waals surface area (Å²) in [6.45, 7) is 2.32. The van der Waals surface area contributed by atoms with Gasteiger partial charge < -0.3 is 25.6 Å². The van der Waals surface area contributed by atoms with Crippen LogP contribution in [-0.2, 0) is 14.3 Å². The molecule has 0 bridgehead atoms. The van der Waals surface area contributed by atoms with Crippen LogP contribution in [-0.4, -0.2) is 68.6 Å². The molecule has 0 spiro atoms. The first-order chi connectivity index (χ1) is 13.1. The average molecular weight is 374 g/mol. The Morgan fingerprint density at radius 3 is 2.67 bits per heavy atom. The Morgan fingerprint density at radius 1 is 1.15 bits per heavy atom. The Labute approximate surface area is 158 Å². The predicted octanol–water partition coefficient (Wildman–Crippen LogP) is -0.186. The van der Waals surface area contributed by atoms with Crippen LogP contribution in [0.2, 0.25) is 0 Å². The lowest BCUT2D eigenvalue weighted by molar-refractivity contribution is -0.129. The van der Waals surface area contributed by atoms with E-state index < -0.39 is 6.04 Å². The second-order valence-electron chi connectivity index (χ2n) is 6.74. The van der Waals surface area contributed by atoms with Crippen molar-refractivity contribution in [1.29, 1.82) is 0 Å². The van der Waals surface area contributed by atoms with Crippen molar-refractivity contribution in [3.8, 4) is 0 Å². The molecule has 1 atom stereocenters. The fourth-order valence-electron chi connectivity index (χ4n) is 3.25. The van der Waals surface area contributed by atoms with E-state index in [4.69, 9.17) is 4.74 Å². The summed E-state index contributed by atoms with van der Waals surface area (Å²) in [5.74, 6) is -0.666. The first-order valence-corrected chi connectivity index (χ1v) is 9.29. The third kappa shape index (κ3) is 4.64. The second kappa shape index (κ2) is 8.96. The first kappa shape index (κ1) is 19.3. The maximum absolute atomic E-state index is 12.7. The largest absolute Gasteiger partial charge is 0.383 e. The molecule has 3 rings (SSSR count). The molecule has 2 aliphatic rings. The monoisotopic (exact) mass is 374 g/mol. The van der Waals surface area contributed by atoms with Crippen LogP contribution in [0.15, 0.2) is 24.3 Å². The smallest absolute Gasteiger partial charge is 0.255 e. The zero-order chi connectivity index (χ0) is 19.2. The molecule has 1 unspecified atom stereocenters. The van der Waals surface area contributed by atoms with Gasteiger partial charge in [-0.05, 0) is 24.5 Å². The summed E-state index contributed by atoms with van der Waals surface area (Å²) >= 11 is 0. The van der Waals surface area contributed by atoms with Gasteiger partial charge >= 0.3 is 0 Å². The van der Waals surface area contributed by atoms with Gasteiger partial charge in [0.2, 0.25) is 11.8 Å². The molecule has 1 aliphatic carbocycles. The van der Waals surface area contributed by atoms with Crippen LogP contribution in [0.5, 0.6) is 0 Å². The molecule has 1 aromatic carbocycles. The van der Waals surface area contributed by atoms with Crippen molar-refractivity contribution in [3.63, 3.8) is 0 Å². The molecule has 8 heteroatoms. The summed E-state index contributed by atoms with van der Waals surface area (Å²) in [4.78, 5) is 39.0. The van der Waals surface area contributed by atoms with E-state index in [9.17, 15) is 14.4 Å². The Hall–Kier alpha value is -2.45. The van der Waals surface area contributed by atoms with Crippen LogP contribution in [0.3, 0.4) is 0 Å². The molecule has 1 aliphatic heterocycles. The maximum Gasteiger partial charge on any atom is 0.255 e. The summed E-state index contributed by atoms with van der Waals surface area (Å²) < 4.78 is 4.92. The Balaban J connectivity index is 1.50. The number of rotatable bonds is 10. The van der Waals surface area contributed by atoms with Crippen molar-refractivity contribution < 1.29 is 19.1 Å². The van der Waals surface area contributed by atoms with E-state index >= 15 is 0 Å². The van der Waals surface area contributed by atoms with Crippen molar-refractivity contribution in [3.05, 3.63) is 35.4 Å². The number of hydrogen-bond donors (Lipinski definition) is 3. The molecule has 8 nitrogen and oxygen atoms in total. The number of carbonyl (C=O) groups excluding carboxylic acids is 3. The number of nitrogens with one attached hydrogen (secondary N) is 3. The number of amides is 3. The van der Waals surface area contributed by atoms with Crippen LogP contribution in [0.1, 0.15) is 34.8 Å². The molecule has 146 valence electrons. The normalized spacial score (nSPS) is 18.3. The average Bonchev–Trinajstić information content (AvgIpc) is 3.47. The maximum atomic E-state index is 12.7. The lowest BCUT2D eigenvalue weighted by atomic mass is 10.0. The first-order valence-electron chi connectivity index (χ1n) is 9.29. The number of methoxy groups -OCH3 is 1. The van der Waals surface area contributed by atoms with Crippen LogP contribution < -0.4 is 16.0 Å². The van der Waals surface area contributed by atoms with Crippen molar-refractivity contribution >= 4 is 17.7 Å². The lowest BCUT2D eigenvalue weighted by Crippen LogP contribution is -2.44. The molecule has 1 heterocycles. The molecule has 3 N–H and O–H groups in total. The van der Waals surface area contributed by atoms with Gasteiger partial charge in [0.15, 0.2) is 0 Å². The summed E-state index contributed by atoms with van der Waals surface area (Å²) in [6.07, 6.45) is 1.83. The molecule has 0 radical (unpaired) electrons. The molecule has 0 saturated heterocycles. The fraction of sp³-hybridized carbons (Fsp3) is 0.526. The van der Waals surface area contributed by atoms with Crippen LogP contribution in [0.4, 0.5) is 0 Å². The Kier molecular flexibility index (Phi) is 6.41. The van der Waals surface area contributed by atoms with Gasteiger partial charge in [0.05, 0.1) is 13.2 Å². The number of ether oxygens (including phenoxy) is 1. The van der Waals surface area contributed by atoms with Gasteiger partial charge in [0, 0.05) is 38.3 Å². The highest BCUT2D eigenvalue weighted by molar-refractivity contribution is 6.05. The molecule has 0 aromatic heterocycles. The Morgan fingerprint density at radius 2 is 1.93 bits per heavy atom. The van der Waals surface area contributed by atoms with E-state index in [-0.39, 0.29) is 30.3 Å². The summed E-state index contributed by atoms with van der Waals surface area (Å²) in [5.41, 5.74) is 1.30. The van der Waals surface area contributed by atoms with Gasteiger partial charge in [-0.3, -0.25) is 14.4 Å². The van der Waals surface area contributed by atoms with Crippen molar-refractivity contribution in [2.45, 2.75) is 24.9 Å². The zero-order valence-electron chi connectivity index (χ0n) is 15.5. The quantitative estimate of drug-likeness (QED) is 0.493. The lowest BCUT2D eigenvalue weighted by Gasteiger charge is -2.24. The summed E-state index contributed by atoms with van der Waals surface area (Å²) in [7, 11) is 1.63. The highest BCUT2D eigenvalue weighted by Gasteiger charge is 2.47. The number of fused-ring (bicyclic) bond motifs is 1. The molecule has 1 saturated carbocycles. The van der Waals surface area contributed by atoms with E-state index in [1.165, 1.54) is 0 Å². The Bertz CT molecular complexity index is 705. The van der Waals surface area contributed by atoms with Gasteiger partial charge in [-0.25, -0.2) is 0 Å². The SMILES string of the molecule is COCCNCCNC(=O)CNC(=O)C1c2ccccc2C(=O)N1C1CC1. The van der Waals surface area contributed by atoms with Crippen LogP contribution >= 0.6 is 0 Å². The molecule has 27 heavy (non-hydrogen) atoms. The van der Waals surface area contributed by atoms with E-state index in [0.29, 0.717) is 25.3 Å². The molecular formula is C19H26N4O4. The number of hydrogen-bond acceptors (Lipinski definition) is 5. The minimum atomic E-state index is -0.648. The molecular weight excluding hydrogens is 348 g/mol. The van der Waals surface area contributed by atoms with E-state index in [0.717, 1.165) is 24.9 Å². The minimum absolute atomic E-state index is 0.0974. The molecule has 1 fully saturated rings. The topological polar surface area (TPSA) is 99.8 Å². The molecule has 1 aromatic rings. The van der Waals surface area contributed by atoms with Crippen molar-refractivity contribution in [2.24, 2.45) is 0 Å². The van der Waals surface area contributed by atoms with Gasteiger partial charge in [0.1, 0.15) is 6.04 Å². The van der Waals surface area contributed by atoms with E-state index in [2.05, 4.69) is 16.0 Å². The summed E-state index contributed by atoms with van der Waals surface area (Å²) in [6, 6.07) is 6.66. The van der Waals surface area contributed by atoms with E-state index in [1.807, 2.05) is 12.1 Å². The van der Waals surface area contributed by atoms with Gasteiger partial charge in [-0.2, -0.15) is 0 Å². The minimum Gasteiger partial charge on any atom is -0.383 e. The summed E-state index contributed by atoms with van der Waals surface area (Å²) in [5, 5.41) is 8.54. The highest BCUT2D eigenvalue weighted by atomic mass is 16.5. The van der Waals surface area contributed by atoms with Crippen molar-refractivity contribution in [2.75, 3.05) is 39.9 Å². The van der Waals surface area contributed by atoms with Crippen molar-refractivity contribution in [1.82, 2.24) is 20.9 Å².